The molecule has 4 bridgehead atoms. The van der Waals surface area contributed by atoms with Crippen molar-refractivity contribution in [1.82, 2.24) is 5.32 Å². The first-order valence-corrected chi connectivity index (χ1v) is 10.4. The first-order valence-electron chi connectivity index (χ1n) is 10.4. The molecule has 5 rings (SSSR count). The summed E-state index contributed by atoms with van der Waals surface area (Å²) in [7, 11) is 1.72. The van der Waals surface area contributed by atoms with Crippen LogP contribution in [-0.4, -0.2) is 19.1 Å². The van der Waals surface area contributed by atoms with Crippen LogP contribution >= 0.6 is 0 Å². The Morgan fingerprint density at radius 1 is 1.19 bits per heavy atom. The standard InChI is InChI=1S/C23H33NO2/c1-4-5-16(2)24-21(25)23-13-17-10-18(14-23)12-22(11-17,15-23)19-6-8-20(26-3)9-7-19/h6-9,16-18H,4-5,10-15H2,1-3H3,(H,24,25)/t16-,17-,18+,22?,23?/m0/s1. The second kappa shape index (κ2) is 6.58. The first kappa shape index (κ1) is 17.9. The molecule has 4 fully saturated rings. The summed E-state index contributed by atoms with van der Waals surface area (Å²) in [6.45, 7) is 4.34. The van der Waals surface area contributed by atoms with Gasteiger partial charge in [0, 0.05) is 6.04 Å². The largest absolute Gasteiger partial charge is 0.497 e. The predicted molar refractivity (Wildman–Crippen MR) is 104 cm³/mol. The fraction of sp³-hybridized carbons (Fsp3) is 0.696. The number of benzene rings is 1. The van der Waals surface area contributed by atoms with Crippen LogP contribution in [0, 0.1) is 17.3 Å². The second-order valence-corrected chi connectivity index (χ2v) is 9.41. The zero-order chi connectivity index (χ0) is 18.4. The van der Waals surface area contributed by atoms with Crippen LogP contribution in [-0.2, 0) is 10.2 Å². The Balaban J connectivity index is 1.61. The molecular formula is C23H33NO2. The zero-order valence-electron chi connectivity index (χ0n) is 16.5. The Labute approximate surface area is 157 Å². The summed E-state index contributed by atoms with van der Waals surface area (Å²) in [5.74, 6) is 2.68. The van der Waals surface area contributed by atoms with Gasteiger partial charge >= 0.3 is 0 Å². The highest BCUT2D eigenvalue weighted by molar-refractivity contribution is 5.83. The number of ether oxygens (including phenoxy) is 1. The molecule has 5 atom stereocenters. The average molecular weight is 356 g/mol. The molecule has 4 aliphatic carbocycles. The van der Waals surface area contributed by atoms with E-state index in [1.807, 2.05) is 0 Å². The van der Waals surface area contributed by atoms with Crippen molar-refractivity contribution in [2.24, 2.45) is 17.3 Å². The van der Waals surface area contributed by atoms with Crippen molar-refractivity contribution in [3.8, 4) is 5.75 Å². The zero-order valence-corrected chi connectivity index (χ0v) is 16.5. The van der Waals surface area contributed by atoms with Crippen LogP contribution in [0.2, 0.25) is 0 Å². The van der Waals surface area contributed by atoms with Crippen LogP contribution in [0.15, 0.2) is 24.3 Å². The maximum atomic E-state index is 13.3. The fourth-order valence-electron chi connectivity index (χ4n) is 6.69. The topological polar surface area (TPSA) is 38.3 Å². The normalized spacial score (nSPS) is 36.0. The molecule has 0 saturated heterocycles. The molecule has 1 N–H and O–H groups in total. The number of amides is 1. The van der Waals surface area contributed by atoms with E-state index in [0.717, 1.165) is 37.9 Å². The Kier molecular flexibility index (Phi) is 4.53. The summed E-state index contributed by atoms with van der Waals surface area (Å²) >= 11 is 0. The van der Waals surface area contributed by atoms with Crippen molar-refractivity contribution in [3.05, 3.63) is 29.8 Å². The van der Waals surface area contributed by atoms with E-state index in [9.17, 15) is 4.79 Å². The van der Waals surface area contributed by atoms with Crippen LogP contribution < -0.4 is 10.1 Å². The van der Waals surface area contributed by atoms with Crippen LogP contribution in [0.1, 0.15) is 70.8 Å². The molecule has 0 heterocycles. The molecular weight excluding hydrogens is 322 g/mol. The molecule has 4 saturated carbocycles. The van der Waals surface area contributed by atoms with Gasteiger partial charge in [0.05, 0.1) is 12.5 Å². The van der Waals surface area contributed by atoms with Crippen molar-refractivity contribution in [2.45, 2.75) is 76.7 Å². The Hall–Kier alpha value is -1.51. The minimum atomic E-state index is -0.133. The SMILES string of the molecule is CCC[C@H](C)NC(=O)C12C[C@H]3C[C@@H](C1)CC(c1ccc(OC)cc1)(C3)C2. The lowest BCUT2D eigenvalue weighted by atomic mass is 9.42. The van der Waals surface area contributed by atoms with E-state index in [2.05, 4.69) is 43.4 Å². The molecule has 0 aromatic heterocycles. The summed E-state index contributed by atoms with van der Waals surface area (Å²) < 4.78 is 5.35. The third-order valence-electron chi connectivity index (χ3n) is 7.34. The minimum Gasteiger partial charge on any atom is -0.497 e. The molecule has 0 radical (unpaired) electrons. The fourth-order valence-corrected chi connectivity index (χ4v) is 6.69. The van der Waals surface area contributed by atoms with Crippen molar-refractivity contribution >= 4 is 5.91 Å². The number of nitrogens with one attached hydrogen (secondary N) is 1. The van der Waals surface area contributed by atoms with Gasteiger partial charge < -0.3 is 10.1 Å². The minimum absolute atomic E-state index is 0.133. The highest BCUT2D eigenvalue weighted by Crippen LogP contribution is 2.65. The van der Waals surface area contributed by atoms with E-state index in [-0.39, 0.29) is 16.9 Å². The Morgan fingerprint density at radius 3 is 2.42 bits per heavy atom. The number of methoxy groups -OCH3 is 1. The summed E-state index contributed by atoms with van der Waals surface area (Å²) in [6, 6.07) is 8.96. The Morgan fingerprint density at radius 2 is 1.85 bits per heavy atom. The van der Waals surface area contributed by atoms with Gasteiger partial charge in [-0.3, -0.25) is 4.79 Å². The lowest BCUT2D eigenvalue weighted by Gasteiger charge is -2.61. The first-order chi connectivity index (χ1) is 12.5. The van der Waals surface area contributed by atoms with Crippen LogP contribution in [0.4, 0.5) is 0 Å². The summed E-state index contributed by atoms with van der Waals surface area (Å²) in [5.41, 5.74) is 1.49. The van der Waals surface area contributed by atoms with Gasteiger partial charge in [-0.15, -0.1) is 0 Å². The number of hydrogen-bond acceptors (Lipinski definition) is 2. The van der Waals surface area contributed by atoms with E-state index in [0.29, 0.717) is 17.7 Å². The molecule has 1 aromatic rings. The van der Waals surface area contributed by atoms with E-state index in [1.54, 1.807) is 7.11 Å². The van der Waals surface area contributed by atoms with Gasteiger partial charge in [0.15, 0.2) is 0 Å². The third kappa shape index (κ3) is 2.93. The van der Waals surface area contributed by atoms with Gasteiger partial charge in [-0.2, -0.15) is 0 Å². The van der Waals surface area contributed by atoms with E-state index >= 15 is 0 Å². The molecule has 3 heteroatoms. The van der Waals surface area contributed by atoms with E-state index < -0.39 is 0 Å². The number of carbonyl (C=O) groups excluding carboxylic acids is 1. The van der Waals surface area contributed by atoms with Crippen molar-refractivity contribution < 1.29 is 9.53 Å². The number of rotatable bonds is 6. The van der Waals surface area contributed by atoms with Crippen LogP contribution in [0.5, 0.6) is 5.75 Å². The summed E-state index contributed by atoms with van der Waals surface area (Å²) in [5, 5.41) is 3.37. The molecule has 1 aromatic carbocycles. The maximum Gasteiger partial charge on any atom is 0.226 e. The predicted octanol–water partition coefficient (Wildman–Crippen LogP) is 4.84. The number of hydrogen-bond donors (Lipinski definition) is 1. The smallest absolute Gasteiger partial charge is 0.226 e. The monoisotopic (exact) mass is 355 g/mol. The molecule has 142 valence electrons. The van der Waals surface area contributed by atoms with Crippen molar-refractivity contribution in [1.29, 1.82) is 0 Å². The average Bonchev–Trinajstić information content (AvgIpc) is 2.61. The second-order valence-electron chi connectivity index (χ2n) is 9.41. The van der Waals surface area contributed by atoms with Gasteiger partial charge in [-0.25, -0.2) is 0 Å². The van der Waals surface area contributed by atoms with Crippen molar-refractivity contribution in [3.63, 3.8) is 0 Å². The molecule has 26 heavy (non-hydrogen) atoms. The highest BCUT2D eigenvalue weighted by Gasteiger charge is 2.60. The highest BCUT2D eigenvalue weighted by atomic mass is 16.5. The molecule has 2 unspecified atom stereocenters. The lowest BCUT2D eigenvalue weighted by Crippen LogP contribution is -2.59. The van der Waals surface area contributed by atoms with Gasteiger partial charge in [-0.1, -0.05) is 25.5 Å². The maximum absolute atomic E-state index is 13.3. The van der Waals surface area contributed by atoms with Gasteiger partial charge in [0.2, 0.25) is 5.91 Å². The van der Waals surface area contributed by atoms with Crippen LogP contribution in [0.25, 0.3) is 0 Å². The van der Waals surface area contributed by atoms with E-state index in [1.165, 1.54) is 24.8 Å². The van der Waals surface area contributed by atoms with Gasteiger partial charge in [-0.05, 0) is 86.8 Å². The van der Waals surface area contributed by atoms with E-state index in [4.69, 9.17) is 4.74 Å². The number of carbonyl (C=O) groups is 1. The lowest BCUT2D eigenvalue weighted by molar-refractivity contribution is -0.149. The molecule has 4 aliphatic rings. The van der Waals surface area contributed by atoms with Crippen molar-refractivity contribution in [2.75, 3.05) is 7.11 Å². The van der Waals surface area contributed by atoms with Gasteiger partial charge in [0.25, 0.3) is 0 Å². The Bertz CT molecular complexity index is 651. The van der Waals surface area contributed by atoms with Crippen LogP contribution in [0.3, 0.4) is 0 Å². The van der Waals surface area contributed by atoms with Gasteiger partial charge in [0.1, 0.15) is 5.75 Å². The third-order valence-corrected chi connectivity index (χ3v) is 7.34. The summed E-state index contributed by atoms with van der Waals surface area (Å²) in [4.78, 5) is 13.3. The quantitative estimate of drug-likeness (QED) is 0.793. The molecule has 1 amide bonds. The molecule has 0 spiro atoms. The molecule has 0 aliphatic heterocycles. The summed E-state index contributed by atoms with van der Waals surface area (Å²) in [6.07, 6.45) is 9.28. The molecule has 3 nitrogen and oxygen atoms in total.